The highest BCUT2D eigenvalue weighted by molar-refractivity contribution is 6.07. The lowest BCUT2D eigenvalue weighted by Crippen LogP contribution is -2.28. The molecule has 0 aliphatic carbocycles. The summed E-state index contributed by atoms with van der Waals surface area (Å²) in [5.41, 5.74) is 3.85. The van der Waals surface area contributed by atoms with Gasteiger partial charge in [-0.15, -0.1) is 0 Å². The normalized spacial score (nSPS) is 12.3. The van der Waals surface area contributed by atoms with E-state index in [1.54, 1.807) is 41.6 Å². The van der Waals surface area contributed by atoms with Crippen LogP contribution in [-0.2, 0) is 6.42 Å². The molecule has 0 fully saturated rings. The van der Waals surface area contributed by atoms with Crippen LogP contribution in [0, 0.1) is 11.3 Å². The second kappa shape index (κ2) is 6.65. The average Bonchev–Trinajstić information content (AvgIpc) is 3.11. The van der Waals surface area contributed by atoms with Crippen molar-refractivity contribution in [1.82, 2.24) is 9.97 Å². The molecule has 3 heterocycles. The van der Waals surface area contributed by atoms with Crippen LogP contribution in [0.15, 0.2) is 60.9 Å². The maximum Gasteiger partial charge on any atom is 0.259 e. The topological polar surface area (TPSA) is 81.9 Å². The Bertz CT molecular complexity index is 1010. The third-order valence-electron chi connectivity index (χ3n) is 4.26. The van der Waals surface area contributed by atoms with Crippen LogP contribution < -0.4 is 10.2 Å². The number of nitriles is 1. The van der Waals surface area contributed by atoms with Gasteiger partial charge in [-0.2, -0.15) is 5.26 Å². The zero-order chi connectivity index (χ0) is 17.9. The Morgan fingerprint density at radius 1 is 1.19 bits per heavy atom. The molecule has 0 bridgehead atoms. The summed E-state index contributed by atoms with van der Waals surface area (Å²) < 4.78 is 0. The summed E-state index contributed by atoms with van der Waals surface area (Å²) in [6.45, 7) is 0.648. The molecular weight excluding hydrogens is 326 g/mol. The molecule has 6 heteroatoms. The van der Waals surface area contributed by atoms with Crippen molar-refractivity contribution < 1.29 is 4.79 Å². The molecule has 4 rings (SSSR count). The second-order valence-corrected chi connectivity index (χ2v) is 5.94. The van der Waals surface area contributed by atoms with E-state index in [-0.39, 0.29) is 5.91 Å². The van der Waals surface area contributed by atoms with Gasteiger partial charge in [-0.25, -0.2) is 4.98 Å². The molecule has 1 aliphatic rings. The number of amides is 1. The Morgan fingerprint density at radius 3 is 2.92 bits per heavy atom. The van der Waals surface area contributed by atoms with E-state index in [1.807, 2.05) is 30.3 Å². The van der Waals surface area contributed by atoms with Crippen molar-refractivity contribution in [3.05, 3.63) is 77.7 Å². The van der Waals surface area contributed by atoms with E-state index >= 15 is 0 Å². The molecule has 2 aromatic heterocycles. The third kappa shape index (κ3) is 2.98. The molecule has 0 spiro atoms. The molecule has 1 N–H and O–H groups in total. The van der Waals surface area contributed by atoms with Gasteiger partial charge in [0.05, 0.1) is 5.56 Å². The van der Waals surface area contributed by atoms with Crippen LogP contribution in [0.25, 0.3) is 0 Å². The number of carbonyl (C=O) groups is 1. The summed E-state index contributed by atoms with van der Waals surface area (Å²) in [7, 11) is 0. The fourth-order valence-corrected chi connectivity index (χ4v) is 3.05. The van der Waals surface area contributed by atoms with E-state index in [0.717, 1.165) is 23.4 Å². The van der Waals surface area contributed by atoms with E-state index in [0.29, 0.717) is 23.6 Å². The van der Waals surface area contributed by atoms with Crippen molar-refractivity contribution in [1.29, 1.82) is 5.26 Å². The number of pyridine rings is 2. The van der Waals surface area contributed by atoms with Crippen LogP contribution in [0.5, 0.6) is 0 Å². The van der Waals surface area contributed by atoms with Crippen LogP contribution in [0.3, 0.4) is 0 Å². The van der Waals surface area contributed by atoms with Gasteiger partial charge in [-0.3, -0.25) is 9.78 Å². The van der Waals surface area contributed by atoms with Crippen LogP contribution in [-0.4, -0.2) is 22.4 Å². The summed E-state index contributed by atoms with van der Waals surface area (Å²) in [6, 6.07) is 16.7. The zero-order valence-electron chi connectivity index (χ0n) is 13.9. The Morgan fingerprint density at radius 2 is 2.12 bits per heavy atom. The number of fused-ring (bicyclic) bond motifs is 1. The van der Waals surface area contributed by atoms with Crippen LogP contribution >= 0.6 is 0 Å². The molecule has 1 aliphatic heterocycles. The van der Waals surface area contributed by atoms with Crippen molar-refractivity contribution in [2.75, 3.05) is 16.8 Å². The van der Waals surface area contributed by atoms with Gasteiger partial charge in [0, 0.05) is 30.3 Å². The molecule has 1 amide bonds. The third-order valence-corrected chi connectivity index (χ3v) is 4.26. The first kappa shape index (κ1) is 15.8. The molecule has 6 nitrogen and oxygen atoms in total. The average molecular weight is 341 g/mol. The smallest absolute Gasteiger partial charge is 0.259 e. The minimum atomic E-state index is -0.0408. The Kier molecular flexibility index (Phi) is 4.04. The fourth-order valence-electron chi connectivity index (χ4n) is 3.05. The number of nitrogens with zero attached hydrogens (tertiary/aromatic N) is 4. The van der Waals surface area contributed by atoms with E-state index < -0.39 is 0 Å². The van der Waals surface area contributed by atoms with Crippen LogP contribution in [0.2, 0.25) is 0 Å². The largest absolute Gasteiger partial charge is 0.340 e. The highest BCUT2D eigenvalue weighted by Gasteiger charge is 2.25. The minimum absolute atomic E-state index is 0.0408. The van der Waals surface area contributed by atoms with Gasteiger partial charge < -0.3 is 10.2 Å². The number of hydrogen-bond donors (Lipinski definition) is 1. The molecule has 0 atom stereocenters. The predicted octanol–water partition coefficient (Wildman–Crippen LogP) is 3.29. The molecule has 0 unspecified atom stereocenters. The lowest BCUT2D eigenvalue weighted by molar-refractivity contribution is 0.0989. The van der Waals surface area contributed by atoms with Crippen molar-refractivity contribution in [3.63, 3.8) is 0 Å². The molecule has 1 aromatic carbocycles. The predicted molar refractivity (Wildman–Crippen MR) is 98.3 cm³/mol. The summed E-state index contributed by atoms with van der Waals surface area (Å²) in [5.74, 6) is 0.575. The molecule has 0 radical (unpaired) electrons. The maximum atomic E-state index is 12.7. The monoisotopic (exact) mass is 341 g/mol. The lowest BCUT2D eigenvalue weighted by Gasteiger charge is -2.17. The Labute approximate surface area is 150 Å². The summed E-state index contributed by atoms with van der Waals surface area (Å²) in [6.07, 6.45) is 4.04. The van der Waals surface area contributed by atoms with Crippen molar-refractivity contribution in [2.24, 2.45) is 0 Å². The fraction of sp³-hybridized carbons (Fsp3) is 0.100. The number of anilines is 3. The molecule has 126 valence electrons. The summed E-state index contributed by atoms with van der Waals surface area (Å²) >= 11 is 0. The van der Waals surface area contributed by atoms with Gasteiger partial charge in [0.1, 0.15) is 17.6 Å². The van der Waals surface area contributed by atoms with Gasteiger partial charge in [0.25, 0.3) is 5.91 Å². The number of aromatic nitrogens is 2. The van der Waals surface area contributed by atoms with Crippen molar-refractivity contribution in [2.45, 2.75) is 6.42 Å². The summed E-state index contributed by atoms with van der Waals surface area (Å²) in [5, 5.41) is 12.2. The molecule has 0 saturated carbocycles. The zero-order valence-corrected chi connectivity index (χ0v) is 13.9. The molecule has 0 saturated heterocycles. The van der Waals surface area contributed by atoms with Gasteiger partial charge in [-0.05, 0) is 54.4 Å². The van der Waals surface area contributed by atoms with E-state index in [9.17, 15) is 4.79 Å². The van der Waals surface area contributed by atoms with Gasteiger partial charge in [0.15, 0.2) is 0 Å². The number of benzene rings is 1. The van der Waals surface area contributed by atoms with E-state index in [4.69, 9.17) is 5.26 Å². The number of nitrogens with one attached hydrogen (secondary N) is 1. The van der Waals surface area contributed by atoms with E-state index in [1.165, 1.54) is 0 Å². The lowest BCUT2D eigenvalue weighted by atomic mass is 10.1. The first-order valence-corrected chi connectivity index (χ1v) is 8.23. The highest BCUT2D eigenvalue weighted by atomic mass is 16.2. The van der Waals surface area contributed by atoms with Gasteiger partial charge in [-0.1, -0.05) is 6.07 Å². The molecule has 26 heavy (non-hydrogen) atoms. The van der Waals surface area contributed by atoms with Crippen LogP contribution in [0.1, 0.15) is 21.6 Å². The number of hydrogen-bond acceptors (Lipinski definition) is 5. The van der Waals surface area contributed by atoms with Gasteiger partial charge >= 0.3 is 0 Å². The van der Waals surface area contributed by atoms with Gasteiger partial charge in [0.2, 0.25) is 0 Å². The number of carbonyl (C=O) groups excluding carboxylic acids is 1. The SMILES string of the molecule is N#Cc1cccc(Nc2ccc3c(c2)CCN3C(=O)c2cccnc2)n1. The molecular formula is C20H15N5O. The minimum Gasteiger partial charge on any atom is -0.340 e. The van der Waals surface area contributed by atoms with E-state index in [2.05, 4.69) is 15.3 Å². The molecule has 3 aromatic rings. The van der Waals surface area contributed by atoms with Crippen LogP contribution in [0.4, 0.5) is 17.2 Å². The first-order valence-electron chi connectivity index (χ1n) is 8.23. The van der Waals surface area contributed by atoms with Crippen molar-refractivity contribution in [3.8, 4) is 6.07 Å². The highest BCUT2D eigenvalue weighted by Crippen LogP contribution is 2.32. The standard InChI is InChI=1S/C20H15N5O/c21-12-17-4-1-5-19(24-17)23-16-6-7-18-14(11-16)8-10-25(18)20(26)15-3-2-9-22-13-15/h1-7,9,11,13H,8,10H2,(H,23,24). The summed E-state index contributed by atoms with van der Waals surface area (Å²) in [4.78, 5) is 22.7. The first-order chi connectivity index (χ1) is 12.7. The quantitative estimate of drug-likeness (QED) is 0.790. The Hall–Kier alpha value is -3.72. The van der Waals surface area contributed by atoms with Crippen molar-refractivity contribution >= 4 is 23.1 Å². The number of rotatable bonds is 3. The second-order valence-electron chi connectivity index (χ2n) is 5.94. The Balaban J connectivity index is 1.57. The maximum absolute atomic E-state index is 12.7.